The molecule has 78 valence electrons. The summed E-state index contributed by atoms with van der Waals surface area (Å²) in [5.74, 6) is -0.224. The topological polar surface area (TPSA) is 54.4 Å². The van der Waals surface area contributed by atoms with E-state index in [-0.39, 0.29) is 5.75 Å². The molecule has 3 nitrogen and oxygen atoms in total. The highest BCUT2D eigenvalue weighted by Gasteiger charge is 2.05. The molecule has 0 heterocycles. The summed E-state index contributed by atoms with van der Waals surface area (Å²) in [6, 6.07) is 7.25. The number of benzene rings is 1. The van der Waals surface area contributed by atoms with Crippen LogP contribution in [0.15, 0.2) is 24.3 Å². The van der Waals surface area contributed by atoms with Crippen LogP contribution in [0.1, 0.15) is 12.0 Å². The molecule has 0 aliphatic rings. The number of halogens is 1. The van der Waals surface area contributed by atoms with Crippen LogP contribution in [-0.4, -0.2) is 18.7 Å². The average molecular weight is 235 g/mol. The van der Waals surface area contributed by atoms with Gasteiger partial charge in [-0.3, -0.25) is 4.55 Å². The minimum Gasteiger partial charge on any atom is -0.286 e. The van der Waals surface area contributed by atoms with E-state index in [2.05, 4.69) is 0 Å². The molecule has 0 radical (unpaired) electrons. The van der Waals surface area contributed by atoms with E-state index in [4.69, 9.17) is 16.2 Å². The van der Waals surface area contributed by atoms with Crippen LogP contribution in [-0.2, 0) is 16.5 Å². The molecule has 0 saturated carbocycles. The Morgan fingerprint density at radius 2 is 1.93 bits per heavy atom. The van der Waals surface area contributed by atoms with Gasteiger partial charge in [-0.15, -0.1) is 0 Å². The molecular formula is C9H11ClO3S. The largest absolute Gasteiger partial charge is 0.286 e. The lowest BCUT2D eigenvalue weighted by Crippen LogP contribution is -2.04. The molecule has 1 aromatic carbocycles. The fraction of sp³-hybridized carbons (Fsp3) is 0.333. The molecule has 0 unspecified atom stereocenters. The van der Waals surface area contributed by atoms with E-state index in [1.165, 1.54) is 0 Å². The Labute approximate surface area is 88.5 Å². The van der Waals surface area contributed by atoms with Gasteiger partial charge in [0.2, 0.25) is 0 Å². The fourth-order valence-electron chi connectivity index (χ4n) is 1.15. The molecule has 0 aromatic heterocycles. The van der Waals surface area contributed by atoms with Gasteiger partial charge in [0.05, 0.1) is 5.75 Å². The highest BCUT2D eigenvalue weighted by molar-refractivity contribution is 7.85. The molecule has 0 fully saturated rings. The third-order valence-corrected chi connectivity index (χ3v) is 2.98. The zero-order valence-corrected chi connectivity index (χ0v) is 9.05. The maximum absolute atomic E-state index is 10.4. The van der Waals surface area contributed by atoms with E-state index in [9.17, 15) is 8.42 Å². The summed E-state index contributed by atoms with van der Waals surface area (Å²) >= 11 is 5.86. The van der Waals surface area contributed by atoms with Crippen LogP contribution in [0.3, 0.4) is 0 Å². The predicted molar refractivity (Wildman–Crippen MR) is 56.2 cm³/mol. The summed E-state index contributed by atoms with van der Waals surface area (Å²) in [6.07, 6.45) is 0.933. The smallest absolute Gasteiger partial charge is 0.264 e. The van der Waals surface area contributed by atoms with Gasteiger partial charge in [-0.25, -0.2) is 0 Å². The number of rotatable bonds is 4. The highest BCUT2D eigenvalue weighted by Crippen LogP contribution is 2.16. The second kappa shape index (κ2) is 4.77. The summed E-state index contributed by atoms with van der Waals surface area (Å²) in [7, 11) is -3.85. The molecule has 0 atom stereocenters. The van der Waals surface area contributed by atoms with Gasteiger partial charge in [0.1, 0.15) is 0 Å². The predicted octanol–water partition coefficient (Wildman–Crippen LogP) is 2.16. The van der Waals surface area contributed by atoms with Crippen LogP contribution in [0.2, 0.25) is 5.02 Å². The Hall–Kier alpha value is -0.580. The summed E-state index contributed by atoms with van der Waals surface area (Å²) in [4.78, 5) is 0. The zero-order chi connectivity index (χ0) is 10.6. The van der Waals surface area contributed by atoms with Crippen LogP contribution in [0, 0.1) is 0 Å². The van der Waals surface area contributed by atoms with Gasteiger partial charge < -0.3 is 0 Å². The van der Waals surface area contributed by atoms with E-state index in [0.29, 0.717) is 17.9 Å². The van der Waals surface area contributed by atoms with Gasteiger partial charge in [-0.2, -0.15) is 8.42 Å². The first-order valence-corrected chi connectivity index (χ1v) is 6.16. The fourth-order valence-corrected chi connectivity index (χ4v) is 1.89. The Balaban J connectivity index is 2.51. The molecule has 1 aromatic rings. The maximum Gasteiger partial charge on any atom is 0.264 e. The zero-order valence-electron chi connectivity index (χ0n) is 7.48. The van der Waals surface area contributed by atoms with E-state index in [1.54, 1.807) is 6.07 Å². The quantitative estimate of drug-likeness (QED) is 0.813. The van der Waals surface area contributed by atoms with Gasteiger partial charge in [-0.1, -0.05) is 29.8 Å². The third kappa shape index (κ3) is 4.09. The highest BCUT2D eigenvalue weighted by atomic mass is 35.5. The van der Waals surface area contributed by atoms with Crippen LogP contribution in [0.5, 0.6) is 0 Å². The molecule has 0 amide bonds. The third-order valence-electron chi connectivity index (χ3n) is 1.81. The SMILES string of the molecule is O=S(=O)(O)CCCc1ccccc1Cl. The Morgan fingerprint density at radius 3 is 2.50 bits per heavy atom. The number of hydrogen-bond donors (Lipinski definition) is 1. The summed E-state index contributed by atoms with van der Waals surface area (Å²) in [5.41, 5.74) is 0.901. The molecule has 0 spiro atoms. The summed E-state index contributed by atoms with van der Waals surface area (Å²) in [5, 5.41) is 0.628. The summed E-state index contributed by atoms with van der Waals surface area (Å²) < 4.78 is 29.4. The number of aryl methyl sites for hydroxylation is 1. The molecule has 14 heavy (non-hydrogen) atoms. The number of hydrogen-bond acceptors (Lipinski definition) is 2. The van der Waals surface area contributed by atoms with Gasteiger partial charge in [0.25, 0.3) is 10.1 Å². The summed E-state index contributed by atoms with van der Waals surface area (Å²) in [6.45, 7) is 0. The Kier molecular flexibility index (Phi) is 3.92. The molecule has 1 rings (SSSR count). The lowest BCUT2D eigenvalue weighted by molar-refractivity contribution is 0.481. The van der Waals surface area contributed by atoms with Crippen LogP contribution >= 0.6 is 11.6 Å². The van der Waals surface area contributed by atoms with Crippen molar-refractivity contribution in [3.05, 3.63) is 34.9 Å². The van der Waals surface area contributed by atoms with Crippen LogP contribution in [0.25, 0.3) is 0 Å². The van der Waals surface area contributed by atoms with E-state index < -0.39 is 10.1 Å². The van der Waals surface area contributed by atoms with Gasteiger partial charge in [0, 0.05) is 5.02 Å². The van der Waals surface area contributed by atoms with Gasteiger partial charge in [-0.05, 0) is 24.5 Å². The van der Waals surface area contributed by atoms with Crippen molar-refractivity contribution >= 4 is 21.7 Å². The van der Waals surface area contributed by atoms with Crippen molar-refractivity contribution in [2.24, 2.45) is 0 Å². The lowest BCUT2D eigenvalue weighted by Gasteiger charge is -2.02. The van der Waals surface area contributed by atoms with Crippen molar-refractivity contribution in [1.82, 2.24) is 0 Å². The first-order chi connectivity index (χ1) is 6.49. The minimum absolute atomic E-state index is 0.224. The molecule has 0 bridgehead atoms. The van der Waals surface area contributed by atoms with Gasteiger partial charge in [0.15, 0.2) is 0 Å². The molecule has 0 aliphatic carbocycles. The Bertz CT molecular complexity index is 400. The molecule has 5 heteroatoms. The molecule has 0 aliphatic heterocycles. The monoisotopic (exact) mass is 234 g/mol. The van der Waals surface area contributed by atoms with Crippen molar-refractivity contribution in [3.8, 4) is 0 Å². The van der Waals surface area contributed by atoms with E-state index in [1.807, 2.05) is 18.2 Å². The van der Waals surface area contributed by atoms with Crippen molar-refractivity contribution < 1.29 is 13.0 Å². The second-order valence-electron chi connectivity index (χ2n) is 2.98. The van der Waals surface area contributed by atoms with E-state index in [0.717, 1.165) is 5.56 Å². The van der Waals surface area contributed by atoms with Crippen molar-refractivity contribution in [1.29, 1.82) is 0 Å². The van der Waals surface area contributed by atoms with Crippen molar-refractivity contribution in [2.45, 2.75) is 12.8 Å². The minimum atomic E-state index is -3.85. The first-order valence-electron chi connectivity index (χ1n) is 4.17. The standard InChI is InChI=1S/C9H11ClO3S/c10-9-6-2-1-4-8(9)5-3-7-14(11,12)13/h1-2,4,6H,3,5,7H2,(H,11,12,13). The molecule has 0 saturated heterocycles. The van der Waals surface area contributed by atoms with Crippen LogP contribution < -0.4 is 0 Å². The van der Waals surface area contributed by atoms with Crippen LogP contribution in [0.4, 0.5) is 0 Å². The average Bonchev–Trinajstić information content (AvgIpc) is 2.06. The Morgan fingerprint density at radius 1 is 1.29 bits per heavy atom. The maximum atomic E-state index is 10.4. The van der Waals surface area contributed by atoms with E-state index >= 15 is 0 Å². The van der Waals surface area contributed by atoms with Crippen molar-refractivity contribution in [3.63, 3.8) is 0 Å². The first kappa shape index (κ1) is 11.5. The molecular weight excluding hydrogens is 224 g/mol. The lowest BCUT2D eigenvalue weighted by atomic mass is 10.1. The molecule has 1 N–H and O–H groups in total. The van der Waals surface area contributed by atoms with Gasteiger partial charge >= 0.3 is 0 Å². The normalized spacial score (nSPS) is 11.6. The second-order valence-corrected chi connectivity index (χ2v) is 4.96. The van der Waals surface area contributed by atoms with Crippen molar-refractivity contribution in [2.75, 3.05) is 5.75 Å².